The quantitative estimate of drug-likeness (QED) is 0.344. The van der Waals surface area contributed by atoms with Crippen LogP contribution in [0.15, 0.2) is 40.6 Å². The van der Waals surface area contributed by atoms with Crippen LogP contribution < -0.4 is 5.32 Å². The van der Waals surface area contributed by atoms with Crippen molar-refractivity contribution in [3.05, 3.63) is 68.4 Å². The molecule has 4 rings (SSSR count). The van der Waals surface area contributed by atoms with E-state index in [1.54, 1.807) is 6.92 Å². The summed E-state index contributed by atoms with van der Waals surface area (Å²) in [4.78, 5) is 22.5. The zero-order valence-corrected chi connectivity index (χ0v) is 20.2. The highest BCUT2D eigenvalue weighted by molar-refractivity contribution is 9.18. The summed E-state index contributed by atoms with van der Waals surface area (Å²) in [5.41, 5.74) is -2.28. The number of nitrogens with zero attached hydrogens (tertiary/aromatic N) is 2. The first-order chi connectivity index (χ1) is 15.9. The summed E-state index contributed by atoms with van der Waals surface area (Å²) in [5, 5.41) is 8.87. The van der Waals surface area contributed by atoms with Crippen molar-refractivity contribution < 1.29 is 32.0 Å². The molecule has 0 saturated carbocycles. The SMILES string of the molecule is Cc1cc(C2=NO[C@@](c3cc(Cl)c(F)c(Cl)c3)(C(F)(F)F)C2)ccc1C(=O)NC1CC(Br)=NO1. The van der Waals surface area contributed by atoms with E-state index in [9.17, 15) is 22.4 Å². The maximum atomic E-state index is 14.2. The number of hydrogen-bond acceptors (Lipinski definition) is 5. The number of benzene rings is 2. The van der Waals surface area contributed by atoms with E-state index < -0.39 is 51.8 Å². The highest BCUT2D eigenvalue weighted by atomic mass is 79.9. The summed E-state index contributed by atoms with van der Waals surface area (Å²) in [6.45, 7) is 1.63. The van der Waals surface area contributed by atoms with Gasteiger partial charge in [-0.1, -0.05) is 39.6 Å². The number of carbonyl (C=O) groups is 1. The summed E-state index contributed by atoms with van der Waals surface area (Å²) < 4.78 is 56.9. The third-order valence-corrected chi connectivity index (χ3v) is 6.38. The Kier molecular flexibility index (Phi) is 6.56. The Morgan fingerprint density at radius 1 is 1.21 bits per heavy atom. The first-order valence-electron chi connectivity index (χ1n) is 9.68. The lowest BCUT2D eigenvalue weighted by Crippen LogP contribution is -2.42. The summed E-state index contributed by atoms with van der Waals surface area (Å²) in [7, 11) is 0. The molecule has 1 unspecified atom stereocenters. The van der Waals surface area contributed by atoms with Crippen LogP contribution in [0, 0.1) is 12.7 Å². The van der Waals surface area contributed by atoms with Gasteiger partial charge in [0.2, 0.25) is 6.23 Å². The highest BCUT2D eigenvalue weighted by Gasteiger charge is 2.62. The molecule has 0 aromatic heterocycles. The van der Waals surface area contributed by atoms with E-state index in [1.807, 2.05) is 0 Å². The van der Waals surface area contributed by atoms with Gasteiger partial charge >= 0.3 is 6.18 Å². The summed E-state index contributed by atoms with van der Waals surface area (Å²) in [6, 6.07) is 6.09. The summed E-state index contributed by atoms with van der Waals surface area (Å²) in [5.74, 6) is -1.47. The average molecular weight is 583 g/mol. The molecule has 0 fully saturated rings. The van der Waals surface area contributed by atoms with Gasteiger partial charge in [-0.3, -0.25) is 4.79 Å². The molecular formula is C21H14BrCl2F4N3O3. The van der Waals surface area contributed by atoms with Gasteiger partial charge in [-0.05, 0) is 58.2 Å². The number of halogens is 7. The molecule has 6 nitrogen and oxygen atoms in total. The van der Waals surface area contributed by atoms with E-state index in [0.717, 1.165) is 12.1 Å². The van der Waals surface area contributed by atoms with E-state index in [2.05, 4.69) is 31.6 Å². The van der Waals surface area contributed by atoms with Crippen molar-refractivity contribution in [2.24, 2.45) is 10.3 Å². The molecular weight excluding hydrogens is 569 g/mol. The largest absolute Gasteiger partial charge is 0.435 e. The Bertz CT molecular complexity index is 1220. The highest BCUT2D eigenvalue weighted by Crippen LogP contribution is 2.50. The molecule has 0 saturated heterocycles. The van der Waals surface area contributed by atoms with Crippen molar-refractivity contribution in [3.8, 4) is 0 Å². The van der Waals surface area contributed by atoms with Crippen molar-refractivity contribution in [1.82, 2.24) is 5.32 Å². The van der Waals surface area contributed by atoms with Crippen LogP contribution in [-0.4, -0.2) is 28.6 Å². The topological polar surface area (TPSA) is 72.3 Å². The fourth-order valence-electron chi connectivity index (χ4n) is 3.59. The Morgan fingerprint density at radius 3 is 2.44 bits per heavy atom. The van der Waals surface area contributed by atoms with Gasteiger partial charge in [0.25, 0.3) is 11.5 Å². The molecule has 2 atom stereocenters. The normalized spacial score (nSPS) is 22.1. The van der Waals surface area contributed by atoms with E-state index in [4.69, 9.17) is 32.9 Å². The standard InChI is InChI=1S/C21H14BrCl2F4N3O3/c1-9-4-10(2-3-12(9)19(32)29-17-7-16(22)31-33-17)15-8-20(34-30-15,21(26,27)28)11-5-13(23)18(25)14(24)6-11/h2-6,17H,7-8H2,1H3,(H,29,32)/t17?,20-/m0/s1. The minimum Gasteiger partial charge on any atom is -0.374 e. The number of rotatable bonds is 4. The second kappa shape index (κ2) is 9.01. The molecule has 13 heteroatoms. The van der Waals surface area contributed by atoms with Gasteiger partial charge in [-0.2, -0.15) is 13.2 Å². The predicted molar refractivity (Wildman–Crippen MR) is 121 cm³/mol. The zero-order valence-electron chi connectivity index (χ0n) is 17.1. The van der Waals surface area contributed by atoms with Crippen LogP contribution in [-0.2, 0) is 15.3 Å². The number of aryl methyl sites for hydroxylation is 1. The fraction of sp³-hybridized carbons (Fsp3) is 0.286. The smallest absolute Gasteiger partial charge is 0.374 e. The van der Waals surface area contributed by atoms with Gasteiger partial charge in [0, 0.05) is 17.5 Å². The lowest BCUT2D eigenvalue weighted by atomic mass is 9.86. The molecule has 2 aromatic carbocycles. The van der Waals surface area contributed by atoms with Gasteiger partial charge in [0.1, 0.15) is 4.62 Å². The molecule has 2 aliphatic heterocycles. The van der Waals surface area contributed by atoms with Crippen molar-refractivity contribution >= 4 is 55.4 Å². The van der Waals surface area contributed by atoms with Crippen molar-refractivity contribution in [2.45, 2.75) is 37.8 Å². The second-order valence-electron chi connectivity index (χ2n) is 7.65. The van der Waals surface area contributed by atoms with Crippen molar-refractivity contribution in [1.29, 1.82) is 0 Å². The number of amides is 1. The molecule has 34 heavy (non-hydrogen) atoms. The first-order valence-corrected chi connectivity index (χ1v) is 11.2. The van der Waals surface area contributed by atoms with Crippen LogP contribution in [0.3, 0.4) is 0 Å². The minimum absolute atomic E-state index is 0.0135. The van der Waals surface area contributed by atoms with Crippen LogP contribution in [0.25, 0.3) is 0 Å². The molecule has 0 bridgehead atoms. The summed E-state index contributed by atoms with van der Waals surface area (Å²) in [6.07, 6.45) is -5.89. The molecule has 0 aliphatic carbocycles. The van der Waals surface area contributed by atoms with Gasteiger partial charge in [0.05, 0.1) is 22.2 Å². The van der Waals surface area contributed by atoms with Crippen LogP contribution in [0.4, 0.5) is 17.6 Å². The lowest BCUT2D eigenvalue weighted by Gasteiger charge is -2.29. The Hall–Kier alpha value is -2.37. The Morgan fingerprint density at radius 2 is 1.88 bits per heavy atom. The molecule has 1 amide bonds. The summed E-state index contributed by atoms with van der Waals surface area (Å²) >= 11 is 14.6. The number of oxime groups is 2. The number of nitrogens with one attached hydrogen (secondary N) is 1. The fourth-order valence-corrected chi connectivity index (χ4v) is 4.46. The van der Waals surface area contributed by atoms with E-state index >= 15 is 0 Å². The number of carbonyl (C=O) groups excluding carboxylic acids is 1. The average Bonchev–Trinajstić information content (AvgIpc) is 3.38. The molecule has 1 N–H and O–H groups in total. The third-order valence-electron chi connectivity index (χ3n) is 5.37. The molecule has 2 heterocycles. The van der Waals surface area contributed by atoms with Crippen molar-refractivity contribution in [3.63, 3.8) is 0 Å². The number of alkyl halides is 3. The third kappa shape index (κ3) is 4.48. The van der Waals surface area contributed by atoms with Crippen LogP contribution in [0.1, 0.15) is 39.9 Å². The maximum Gasteiger partial charge on any atom is 0.435 e. The van der Waals surface area contributed by atoms with Crippen LogP contribution in [0.2, 0.25) is 10.0 Å². The van der Waals surface area contributed by atoms with Gasteiger partial charge in [0.15, 0.2) is 5.82 Å². The predicted octanol–water partition coefficient (Wildman–Crippen LogP) is 6.21. The van der Waals surface area contributed by atoms with Crippen LogP contribution in [0.5, 0.6) is 0 Å². The lowest BCUT2D eigenvalue weighted by molar-refractivity contribution is -0.275. The van der Waals surface area contributed by atoms with Gasteiger partial charge in [-0.15, -0.1) is 0 Å². The van der Waals surface area contributed by atoms with E-state index in [1.165, 1.54) is 18.2 Å². The minimum atomic E-state index is -4.92. The van der Waals surface area contributed by atoms with E-state index in [0.29, 0.717) is 27.7 Å². The zero-order chi connectivity index (χ0) is 24.8. The maximum absolute atomic E-state index is 14.2. The molecule has 0 radical (unpaired) electrons. The molecule has 2 aromatic rings. The monoisotopic (exact) mass is 581 g/mol. The second-order valence-corrected chi connectivity index (χ2v) is 9.38. The van der Waals surface area contributed by atoms with Crippen LogP contribution >= 0.6 is 39.1 Å². The Balaban J connectivity index is 1.59. The van der Waals surface area contributed by atoms with Crippen molar-refractivity contribution in [2.75, 3.05) is 0 Å². The molecule has 0 spiro atoms. The Labute approximate surface area is 209 Å². The molecule has 2 aliphatic rings. The van der Waals surface area contributed by atoms with Gasteiger partial charge < -0.3 is 15.0 Å². The number of hydrogen-bond donors (Lipinski definition) is 1. The first kappa shape index (κ1) is 24.7. The molecule has 180 valence electrons. The van der Waals surface area contributed by atoms with Gasteiger partial charge in [-0.25, -0.2) is 4.39 Å². The van der Waals surface area contributed by atoms with E-state index in [-0.39, 0.29) is 5.71 Å².